The van der Waals surface area contributed by atoms with Gasteiger partial charge < -0.3 is 19.7 Å². The van der Waals surface area contributed by atoms with Crippen molar-refractivity contribution in [1.82, 2.24) is 25.2 Å². The number of hydrogen-bond acceptors (Lipinski definition) is 6. The molecule has 0 bridgehead atoms. The highest BCUT2D eigenvalue weighted by atomic mass is 16.6. The topological polar surface area (TPSA) is 81.5 Å². The Balaban J connectivity index is 1.40. The Hall–Kier alpha value is -2.45. The molecule has 0 saturated carbocycles. The molecule has 8 nitrogen and oxygen atoms in total. The standard InChI is InChI=1S/C17H23N5O3/c1-21-11-15(19-20-21)9-18-10-16-12-22(7-8-24-16)17(23)25-13-14-5-3-2-4-6-14/h2-6,11,16,18H,7-10,12-13H2,1H3. The zero-order valence-corrected chi connectivity index (χ0v) is 14.3. The molecular formula is C17H23N5O3. The highest BCUT2D eigenvalue weighted by molar-refractivity contribution is 5.67. The lowest BCUT2D eigenvalue weighted by Gasteiger charge is -2.32. The van der Waals surface area contributed by atoms with E-state index in [2.05, 4.69) is 15.6 Å². The van der Waals surface area contributed by atoms with E-state index in [-0.39, 0.29) is 18.8 Å². The van der Waals surface area contributed by atoms with Gasteiger partial charge in [0.05, 0.1) is 24.9 Å². The number of nitrogens with one attached hydrogen (secondary N) is 1. The minimum atomic E-state index is -0.300. The number of nitrogens with zero attached hydrogens (tertiary/aromatic N) is 4. The lowest BCUT2D eigenvalue weighted by molar-refractivity contribution is -0.0271. The van der Waals surface area contributed by atoms with Gasteiger partial charge in [-0.1, -0.05) is 35.5 Å². The molecule has 1 fully saturated rings. The SMILES string of the molecule is Cn1cc(CNCC2CN(C(=O)OCc3ccccc3)CCO2)nn1. The van der Waals surface area contributed by atoms with E-state index in [1.165, 1.54) is 0 Å². The van der Waals surface area contributed by atoms with Gasteiger partial charge in [0.2, 0.25) is 0 Å². The molecule has 0 radical (unpaired) electrons. The third-order valence-corrected chi connectivity index (χ3v) is 3.93. The summed E-state index contributed by atoms with van der Waals surface area (Å²) in [4.78, 5) is 13.9. The van der Waals surface area contributed by atoms with Crippen molar-refractivity contribution >= 4 is 6.09 Å². The van der Waals surface area contributed by atoms with Gasteiger partial charge in [-0.05, 0) is 5.56 Å². The Labute approximate surface area is 146 Å². The van der Waals surface area contributed by atoms with E-state index in [0.29, 0.717) is 32.8 Å². The van der Waals surface area contributed by atoms with Crippen LogP contribution in [0, 0.1) is 0 Å². The van der Waals surface area contributed by atoms with Crippen LogP contribution >= 0.6 is 0 Å². The maximum Gasteiger partial charge on any atom is 0.410 e. The summed E-state index contributed by atoms with van der Waals surface area (Å²) in [7, 11) is 1.83. The zero-order valence-electron chi connectivity index (χ0n) is 14.3. The number of aromatic nitrogens is 3. The monoisotopic (exact) mass is 345 g/mol. The second-order valence-electron chi connectivity index (χ2n) is 5.99. The first-order valence-electron chi connectivity index (χ1n) is 8.34. The van der Waals surface area contributed by atoms with Gasteiger partial charge in [-0.2, -0.15) is 0 Å². The van der Waals surface area contributed by atoms with Gasteiger partial charge in [-0.25, -0.2) is 4.79 Å². The summed E-state index contributed by atoms with van der Waals surface area (Å²) in [5, 5.41) is 11.2. The Kier molecular flexibility index (Phi) is 5.97. The number of hydrogen-bond donors (Lipinski definition) is 1. The molecule has 2 heterocycles. The molecular weight excluding hydrogens is 322 g/mol. The van der Waals surface area contributed by atoms with Gasteiger partial charge in [0.25, 0.3) is 0 Å². The molecule has 1 atom stereocenters. The largest absolute Gasteiger partial charge is 0.445 e. The maximum atomic E-state index is 12.2. The molecule has 1 amide bonds. The summed E-state index contributed by atoms with van der Waals surface area (Å²) in [6.07, 6.45) is 1.50. The van der Waals surface area contributed by atoms with Crippen LogP contribution in [0.25, 0.3) is 0 Å². The van der Waals surface area contributed by atoms with Gasteiger partial charge in [-0.3, -0.25) is 4.68 Å². The predicted molar refractivity (Wildman–Crippen MR) is 90.6 cm³/mol. The number of ether oxygens (including phenoxy) is 2. The Bertz CT molecular complexity index is 676. The van der Waals surface area contributed by atoms with Crippen LogP contribution in [0.5, 0.6) is 0 Å². The molecule has 3 rings (SSSR count). The quantitative estimate of drug-likeness (QED) is 0.839. The number of amides is 1. The third kappa shape index (κ3) is 5.27. The van der Waals surface area contributed by atoms with E-state index in [4.69, 9.17) is 9.47 Å². The van der Waals surface area contributed by atoms with Gasteiger partial charge in [0.15, 0.2) is 0 Å². The van der Waals surface area contributed by atoms with Crippen molar-refractivity contribution in [3.8, 4) is 0 Å². The molecule has 1 aromatic carbocycles. The molecule has 2 aromatic rings. The van der Waals surface area contributed by atoms with Gasteiger partial charge >= 0.3 is 6.09 Å². The van der Waals surface area contributed by atoms with Crippen molar-refractivity contribution in [2.75, 3.05) is 26.2 Å². The minimum Gasteiger partial charge on any atom is -0.445 e. The fourth-order valence-corrected chi connectivity index (χ4v) is 2.66. The van der Waals surface area contributed by atoms with Crippen molar-refractivity contribution in [2.45, 2.75) is 19.3 Å². The van der Waals surface area contributed by atoms with E-state index in [1.54, 1.807) is 9.58 Å². The average Bonchev–Trinajstić information content (AvgIpc) is 3.06. The fourth-order valence-electron chi connectivity index (χ4n) is 2.66. The minimum absolute atomic E-state index is 0.0605. The molecule has 25 heavy (non-hydrogen) atoms. The summed E-state index contributed by atoms with van der Waals surface area (Å²) in [5.74, 6) is 0. The highest BCUT2D eigenvalue weighted by Crippen LogP contribution is 2.09. The Morgan fingerprint density at radius 2 is 2.24 bits per heavy atom. The molecule has 0 aliphatic carbocycles. The highest BCUT2D eigenvalue weighted by Gasteiger charge is 2.25. The van der Waals surface area contributed by atoms with Crippen LogP contribution in [0.1, 0.15) is 11.3 Å². The van der Waals surface area contributed by atoms with Crippen molar-refractivity contribution in [3.63, 3.8) is 0 Å². The number of morpholine rings is 1. The Morgan fingerprint density at radius 1 is 1.40 bits per heavy atom. The Morgan fingerprint density at radius 3 is 3.00 bits per heavy atom. The van der Waals surface area contributed by atoms with Crippen molar-refractivity contribution in [2.24, 2.45) is 7.05 Å². The van der Waals surface area contributed by atoms with Crippen LogP contribution in [0.15, 0.2) is 36.5 Å². The molecule has 1 unspecified atom stereocenters. The summed E-state index contributed by atoms with van der Waals surface area (Å²) in [6, 6.07) is 9.66. The van der Waals surface area contributed by atoms with Crippen LogP contribution in [0.2, 0.25) is 0 Å². The summed E-state index contributed by atoms with van der Waals surface area (Å²) >= 11 is 0. The molecule has 1 aromatic heterocycles. The van der Waals surface area contributed by atoms with E-state index in [1.807, 2.05) is 43.6 Å². The molecule has 134 valence electrons. The van der Waals surface area contributed by atoms with Crippen LogP contribution < -0.4 is 5.32 Å². The number of aryl methyl sites for hydroxylation is 1. The van der Waals surface area contributed by atoms with Gasteiger partial charge in [-0.15, -0.1) is 5.10 Å². The molecule has 0 spiro atoms. The van der Waals surface area contributed by atoms with Crippen LogP contribution in [0.3, 0.4) is 0 Å². The van der Waals surface area contributed by atoms with Crippen LogP contribution in [0.4, 0.5) is 4.79 Å². The number of carbonyl (C=O) groups excluding carboxylic acids is 1. The first kappa shape index (κ1) is 17.4. The summed E-state index contributed by atoms with van der Waals surface area (Å²) in [6.45, 7) is 3.12. The molecule has 1 aliphatic heterocycles. The van der Waals surface area contributed by atoms with Crippen molar-refractivity contribution in [3.05, 3.63) is 47.8 Å². The smallest absolute Gasteiger partial charge is 0.410 e. The number of benzene rings is 1. The lowest BCUT2D eigenvalue weighted by atomic mass is 10.2. The van der Waals surface area contributed by atoms with Crippen molar-refractivity contribution in [1.29, 1.82) is 0 Å². The number of rotatable bonds is 6. The molecule has 1 N–H and O–H groups in total. The second kappa shape index (κ2) is 8.59. The molecule has 1 aliphatic rings. The fraction of sp³-hybridized carbons (Fsp3) is 0.471. The average molecular weight is 345 g/mol. The first-order valence-corrected chi connectivity index (χ1v) is 8.34. The van der Waals surface area contributed by atoms with E-state index in [0.717, 1.165) is 11.3 Å². The second-order valence-corrected chi connectivity index (χ2v) is 5.99. The zero-order chi connectivity index (χ0) is 17.5. The predicted octanol–water partition coefficient (Wildman–Crippen LogP) is 0.942. The lowest BCUT2D eigenvalue weighted by Crippen LogP contribution is -2.49. The van der Waals surface area contributed by atoms with Crippen LogP contribution in [-0.4, -0.2) is 58.3 Å². The van der Waals surface area contributed by atoms with E-state index in [9.17, 15) is 4.79 Å². The van der Waals surface area contributed by atoms with Crippen molar-refractivity contribution < 1.29 is 14.3 Å². The third-order valence-electron chi connectivity index (χ3n) is 3.93. The van der Waals surface area contributed by atoms with Crippen LogP contribution in [-0.2, 0) is 29.7 Å². The molecule has 1 saturated heterocycles. The molecule has 8 heteroatoms. The van der Waals surface area contributed by atoms with Gasteiger partial charge in [0, 0.05) is 32.9 Å². The number of carbonyl (C=O) groups is 1. The van der Waals surface area contributed by atoms with E-state index < -0.39 is 0 Å². The summed E-state index contributed by atoms with van der Waals surface area (Å²) in [5.41, 5.74) is 1.85. The van der Waals surface area contributed by atoms with E-state index >= 15 is 0 Å². The normalized spacial score (nSPS) is 17.5. The summed E-state index contributed by atoms with van der Waals surface area (Å²) < 4.78 is 12.8. The maximum absolute atomic E-state index is 12.2. The first-order chi connectivity index (χ1) is 12.2. The van der Waals surface area contributed by atoms with Gasteiger partial charge in [0.1, 0.15) is 6.61 Å².